The Balaban J connectivity index is 2.38. The lowest BCUT2D eigenvalue weighted by atomic mass is 9.77. The van der Waals surface area contributed by atoms with E-state index in [0.29, 0.717) is 6.42 Å². The lowest BCUT2D eigenvalue weighted by Gasteiger charge is -2.27. The average molecular weight is 190 g/mol. The number of pyridine rings is 1. The summed E-state index contributed by atoms with van der Waals surface area (Å²) in [6.07, 6.45) is 4.12. The van der Waals surface area contributed by atoms with Crippen molar-refractivity contribution in [2.45, 2.75) is 31.7 Å². The van der Waals surface area contributed by atoms with Gasteiger partial charge in [-0.15, -0.1) is 0 Å². The van der Waals surface area contributed by atoms with Crippen LogP contribution in [0.15, 0.2) is 24.5 Å². The number of hydrogen-bond donors (Lipinski definition) is 1. The SMILES string of the molecule is CC1NC(=O)CC1(C)c1ccncc1. The number of carbonyl (C=O) groups is 1. The maximum Gasteiger partial charge on any atom is 0.221 e. The summed E-state index contributed by atoms with van der Waals surface area (Å²) in [7, 11) is 0. The molecule has 0 saturated carbocycles. The topological polar surface area (TPSA) is 42.0 Å². The lowest BCUT2D eigenvalue weighted by molar-refractivity contribution is -0.119. The minimum absolute atomic E-state index is 0.0833. The molecule has 1 amide bonds. The highest BCUT2D eigenvalue weighted by molar-refractivity contribution is 5.81. The zero-order valence-electron chi connectivity index (χ0n) is 8.45. The predicted molar refractivity (Wildman–Crippen MR) is 53.8 cm³/mol. The average Bonchev–Trinajstić information content (AvgIpc) is 2.43. The molecule has 2 rings (SSSR count). The number of hydrogen-bond acceptors (Lipinski definition) is 2. The van der Waals surface area contributed by atoms with Gasteiger partial charge in [0.15, 0.2) is 0 Å². The van der Waals surface area contributed by atoms with Gasteiger partial charge in [0.25, 0.3) is 0 Å². The molecule has 1 aliphatic heterocycles. The third-order valence-electron chi connectivity index (χ3n) is 3.20. The van der Waals surface area contributed by atoms with Crippen LogP contribution in [0.3, 0.4) is 0 Å². The summed E-state index contributed by atoms with van der Waals surface area (Å²) >= 11 is 0. The second kappa shape index (κ2) is 3.08. The molecule has 2 unspecified atom stereocenters. The van der Waals surface area contributed by atoms with Gasteiger partial charge in [0.05, 0.1) is 0 Å². The van der Waals surface area contributed by atoms with Gasteiger partial charge >= 0.3 is 0 Å². The number of rotatable bonds is 1. The van der Waals surface area contributed by atoms with Gasteiger partial charge < -0.3 is 5.32 Å². The first-order valence-electron chi connectivity index (χ1n) is 4.83. The van der Waals surface area contributed by atoms with Crippen molar-refractivity contribution in [3.8, 4) is 0 Å². The van der Waals surface area contributed by atoms with E-state index in [9.17, 15) is 4.79 Å². The highest BCUT2D eigenvalue weighted by Crippen LogP contribution is 2.34. The first kappa shape index (κ1) is 9.19. The van der Waals surface area contributed by atoms with Crippen molar-refractivity contribution >= 4 is 5.91 Å². The van der Waals surface area contributed by atoms with E-state index in [4.69, 9.17) is 0 Å². The third-order valence-corrected chi connectivity index (χ3v) is 3.20. The van der Waals surface area contributed by atoms with Crippen LogP contribution in [-0.4, -0.2) is 16.9 Å². The number of amides is 1. The van der Waals surface area contributed by atoms with Crippen LogP contribution in [0.5, 0.6) is 0 Å². The van der Waals surface area contributed by atoms with Crippen molar-refractivity contribution in [3.63, 3.8) is 0 Å². The van der Waals surface area contributed by atoms with Gasteiger partial charge in [-0.25, -0.2) is 0 Å². The molecule has 2 heterocycles. The number of aromatic nitrogens is 1. The molecule has 3 nitrogen and oxygen atoms in total. The molecular weight excluding hydrogens is 176 g/mol. The first-order chi connectivity index (χ1) is 6.63. The Bertz CT molecular complexity index is 350. The quantitative estimate of drug-likeness (QED) is 0.724. The Morgan fingerprint density at radius 1 is 1.50 bits per heavy atom. The standard InChI is InChI=1S/C11H14N2O/c1-8-11(2,7-10(14)13-8)9-3-5-12-6-4-9/h3-6,8H,7H2,1-2H3,(H,13,14). The van der Waals surface area contributed by atoms with E-state index < -0.39 is 0 Å². The normalized spacial score (nSPS) is 31.6. The molecule has 0 radical (unpaired) electrons. The summed E-state index contributed by atoms with van der Waals surface area (Å²) in [6, 6.07) is 4.16. The lowest BCUT2D eigenvalue weighted by Crippen LogP contribution is -2.35. The van der Waals surface area contributed by atoms with Gasteiger partial charge in [-0.2, -0.15) is 0 Å². The first-order valence-corrected chi connectivity index (χ1v) is 4.83. The van der Waals surface area contributed by atoms with Crippen LogP contribution >= 0.6 is 0 Å². The molecule has 14 heavy (non-hydrogen) atoms. The smallest absolute Gasteiger partial charge is 0.221 e. The minimum atomic E-state index is -0.0833. The summed E-state index contributed by atoms with van der Waals surface area (Å²) < 4.78 is 0. The highest BCUT2D eigenvalue weighted by Gasteiger charge is 2.41. The fraction of sp³-hybridized carbons (Fsp3) is 0.455. The molecule has 1 N–H and O–H groups in total. The fourth-order valence-corrected chi connectivity index (χ4v) is 2.02. The van der Waals surface area contributed by atoms with E-state index in [0.717, 1.165) is 0 Å². The Hall–Kier alpha value is -1.38. The van der Waals surface area contributed by atoms with Crippen LogP contribution in [0.25, 0.3) is 0 Å². The number of nitrogens with one attached hydrogen (secondary N) is 1. The molecule has 0 aliphatic carbocycles. The van der Waals surface area contributed by atoms with E-state index in [-0.39, 0.29) is 17.4 Å². The molecule has 1 aromatic heterocycles. The molecule has 0 spiro atoms. The van der Waals surface area contributed by atoms with Crippen molar-refractivity contribution in [3.05, 3.63) is 30.1 Å². The maximum absolute atomic E-state index is 11.3. The van der Waals surface area contributed by atoms with E-state index in [1.54, 1.807) is 12.4 Å². The second-order valence-electron chi connectivity index (χ2n) is 4.12. The van der Waals surface area contributed by atoms with Gasteiger partial charge in [-0.3, -0.25) is 9.78 Å². The summed E-state index contributed by atoms with van der Waals surface area (Å²) in [5.74, 6) is 0.136. The predicted octanol–water partition coefficient (Wildman–Crippen LogP) is 1.25. The Kier molecular flexibility index (Phi) is 2.02. The van der Waals surface area contributed by atoms with Gasteiger partial charge in [0.2, 0.25) is 5.91 Å². The van der Waals surface area contributed by atoms with Crippen molar-refractivity contribution in [1.29, 1.82) is 0 Å². The molecule has 3 heteroatoms. The van der Waals surface area contributed by atoms with Crippen LogP contribution in [0.1, 0.15) is 25.8 Å². The zero-order valence-corrected chi connectivity index (χ0v) is 8.45. The molecule has 1 saturated heterocycles. The van der Waals surface area contributed by atoms with Crippen LogP contribution in [0, 0.1) is 0 Å². The Morgan fingerprint density at radius 2 is 2.14 bits per heavy atom. The Morgan fingerprint density at radius 3 is 2.64 bits per heavy atom. The van der Waals surface area contributed by atoms with Gasteiger partial charge in [-0.1, -0.05) is 6.92 Å². The Labute approximate surface area is 83.5 Å². The molecule has 2 atom stereocenters. The molecule has 74 valence electrons. The third kappa shape index (κ3) is 1.29. The molecule has 0 aromatic carbocycles. The summed E-state index contributed by atoms with van der Waals surface area (Å²) in [5, 5.41) is 2.95. The zero-order chi connectivity index (χ0) is 10.2. The molecular formula is C11H14N2O. The van der Waals surface area contributed by atoms with Crippen LogP contribution in [0.2, 0.25) is 0 Å². The second-order valence-corrected chi connectivity index (χ2v) is 4.12. The van der Waals surface area contributed by atoms with Crippen molar-refractivity contribution in [1.82, 2.24) is 10.3 Å². The van der Waals surface area contributed by atoms with Gasteiger partial charge in [0, 0.05) is 30.3 Å². The van der Waals surface area contributed by atoms with E-state index in [2.05, 4.69) is 17.2 Å². The summed E-state index contributed by atoms with van der Waals surface area (Å²) in [6.45, 7) is 4.16. The summed E-state index contributed by atoms with van der Waals surface area (Å²) in [5.41, 5.74) is 1.10. The van der Waals surface area contributed by atoms with Crippen LogP contribution in [-0.2, 0) is 10.2 Å². The highest BCUT2D eigenvalue weighted by atomic mass is 16.2. The monoisotopic (exact) mass is 190 g/mol. The van der Waals surface area contributed by atoms with Gasteiger partial charge in [-0.05, 0) is 24.6 Å². The van der Waals surface area contributed by atoms with Gasteiger partial charge in [0.1, 0.15) is 0 Å². The van der Waals surface area contributed by atoms with E-state index in [1.807, 2.05) is 19.1 Å². The number of nitrogens with zero attached hydrogens (tertiary/aromatic N) is 1. The van der Waals surface area contributed by atoms with E-state index in [1.165, 1.54) is 5.56 Å². The van der Waals surface area contributed by atoms with Crippen LogP contribution in [0.4, 0.5) is 0 Å². The molecule has 0 bridgehead atoms. The number of carbonyl (C=O) groups excluding carboxylic acids is 1. The largest absolute Gasteiger partial charge is 0.353 e. The van der Waals surface area contributed by atoms with Crippen molar-refractivity contribution < 1.29 is 4.79 Å². The van der Waals surface area contributed by atoms with Crippen LogP contribution < -0.4 is 5.32 Å². The summed E-state index contributed by atoms with van der Waals surface area (Å²) in [4.78, 5) is 15.3. The van der Waals surface area contributed by atoms with Crippen molar-refractivity contribution in [2.75, 3.05) is 0 Å². The van der Waals surface area contributed by atoms with E-state index >= 15 is 0 Å². The maximum atomic E-state index is 11.3. The molecule has 1 aliphatic rings. The van der Waals surface area contributed by atoms with Crippen molar-refractivity contribution in [2.24, 2.45) is 0 Å². The minimum Gasteiger partial charge on any atom is -0.353 e. The molecule has 1 fully saturated rings. The fourth-order valence-electron chi connectivity index (χ4n) is 2.02. The molecule has 1 aromatic rings.